The molecule has 0 aliphatic carbocycles. The third-order valence-electron chi connectivity index (χ3n) is 4.78. The van der Waals surface area contributed by atoms with Gasteiger partial charge in [-0.1, -0.05) is 30.3 Å². The lowest BCUT2D eigenvalue weighted by Crippen LogP contribution is -2.59. The number of benzene rings is 1. The van der Waals surface area contributed by atoms with E-state index >= 15 is 0 Å². The van der Waals surface area contributed by atoms with Crippen LogP contribution in [0.1, 0.15) is 18.4 Å². The maximum atomic E-state index is 12.7. The number of piperazine rings is 1. The van der Waals surface area contributed by atoms with E-state index in [-0.39, 0.29) is 26.2 Å². The molecule has 2 fully saturated rings. The Morgan fingerprint density at radius 2 is 1.90 bits per heavy atom. The molecule has 2 aliphatic rings. The molecule has 1 aromatic rings. The summed E-state index contributed by atoms with van der Waals surface area (Å²) < 4.78 is 5.05. The van der Waals surface area contributed by atoms with Crippen LogP contribution in [0.25, 0.3) is 0 Å². The Bertz CT molecular complexity index is 812. The summed E-state index contributed by atoms with van der Waals surface area (Å²) in [5, 5.41) is 4.75. The number of alkyl carbamates (subject to hydrolysis) is 1. The predicted molar refractivity (Wildman–Crippen MR) is 99.1 cm³/mol. The number of ether oxygens (including phenoxy) is 1. The zero-order valence-corrected chi connectivity index (χ0v) is 15.8. The Morgan fingerprint density at radius 1 is 1.14 bits per heavy atom. The van der Waals surface area contributed by atoms with E-state index in [1.165, 1.54) is 4.90 Å². The first-order valence-electron chi connectivity index (χ1n) is 9.35. The van der Waals surface area contributed by atoms with Crippen molar-refractivity contribution in [3.8, 4) is 0 Å². The van der Waals surface area contributed by atoms with Gasteiger partial charge < -0.3 is 20.3 Å². The highest BCUT2D eigenvalue weighted by Gasteiger charge is 2.40. The van der Waals surface area contributed by atoms with E-state index in [4.69, 9.17) is 4.74 Å². The average Bonchev–Trinajstić information content (AvgIpc) is 3.23. The fourth-order valence-corrected chi connectivity index (χ4v) is 3.32. The third-order valence-corrected chi connectivity index (χ3v) is 4.78. The van der Waals surface area contributed by atoms with Gasteiger partial charge in [0, 0.05) is 19.6 Å². The molecule has 10 nitrogen and oxygen atoms in total. The maximum Gasteiger partial charge on any atom is 0.407 e. The molecule has 154 valence electrons. The second kappa shape index (κ2) is 9.18. The molecule has 2 N–H and O–H groups in total. The average molecular weight is 402 g/mol. The number of hydrogen-bond acceptors (Lipinski definition) is 6. The van der Waals surface area contributed by atoms with Crippen molar-refractivity contribution in [2.45, 2.75) is 25.5 Å². The first-order valence-corrected chi connectivity index (χ1v) is 9.35. The van der Waals surface area contributed by atoms with Crippen molar-refractivity contribution in [1.29, 1.82) is 0 Å². The summed E-state index contributed by atoms with van der Waals surface area (Å²) in [7, 11) is 0. The topological polar surface area (TPSA) is 125 Å². The van der Waals surface area contributed by atoms with Crippen molar-refractivity contribution < 1.29 is 28.7 Å². The summed E-state index contributed by atoms with van der Waals surface area (Å²) in [6.45, 7) is 0.346. The molecule has 0 saturated carbocycles. The van der Waals surface area contributed by atoms with Gasteiger partial charge in [-0.05, 0) is 18.4 Å². The molecule has 29 heavy (non-hydrogen) atoms. The number of carbonyl (C=O) groups excluding carboxylic acids is 5. The van der Waals surface area contributed by atoms with Gasteiger partial charge in [0.1, 0.15) is 19.2 Å². The smallest absolute Gasteiger partial charge is 0.407 e. The molecule has 1 aromatic carbocycles. The van der Waals surface area contributed by atoms with Crippen LogP contribution in [0.15, 0.2) is 30.3 Å². The summed E-state index contributed by atoms with van der Waals surface area (Å²) in [6.07, 6.45) is 0.246. The zero-order chi connectivity index (χ0) is 20.8. The van der Waals surface area contributed by atoms with E-state index in [1.807, 2.05) is 18.2 Å². The van der Waals surface area contributed by atoms with Crippen LogP contribution in [-0.4, -0.2) is 71.7 Å². The summed E-state index contributed by atoms with van der Waals surface area (Å²) >= 11 is 0. The van der Waals surface area contributed by atoms with Gasteiger partial charge >= 0.3 is 17.9 Å². The molecule has 0 spiro atoms. The first-order chi connectivity index (χ1) is 14.0. The molecule has 1 atom stereocenters. The minimum absolute atomic E-state index is 0.0742. The number of nitrogens with zero attached hydrogens (tertiary/aromatic N) is 2. The number of nitrogens with one attached hydrogen (secondary N) is 2. The van der Waals surface area contributed by atoms with Gasteiger partial charge in [-0.15, -0.1) is 0 Å². The van der Waals surface area contributed by atoms with Crippen LogP contribution in [0.5, 0.6) is 0 Å². The van der Waals surface area contributed by atoms with E-state index in [0.29, 0.717) is 19.4 Å². The van der Waals surface area contributed by atoms with Crippen molar-refractivity contribution in [3.05, 3.63) is 35.9 Å². The largest absolute Gasteiger partial charge is 0.445 e. The van der Waals surface area contributed by atoms with E-state index in [1.54, 1.807) is 12.1 Å². The number of amides is 5. The van der Waals surface area contributed by atoms with Crippen molar-refractivity contribution in [3.63, 3.8) is 0 Å². The number of rotatable bonds is 5. The van der Waals surface area contributed by atoms with Gasteiger partial charge in [0.25, 0.3) is 5.91 Å². The van der Waals surface area contributed by atoms with Gasteiger partial charge in [0.05, 0.1) is 0 Å². The van der Waals surface area contributed by atoms with Gasteiger partial charge in [-0.2, -0.15) is 0 Å². The van der Waals surface area contributed by atoms with E-state index in [2.05, 4.69) is 10.6 Å². The lowest BCUT2D eigenvalue weighted by molar-refractivity contribution is -0.157. The Hall–Kier alpha value is -3.43. The number of likely N-dealkylation sites (tertiary alicyclic amines) is 1. The van der Waals surface area contributed by atoms with Gasteiger partial charge in [0.2, 0.25) is 5.91 Å². The summed E-state index contributed by atoms with van der Waals surface area (Å²) in [4.78, 5) is 62.6. The van der Waals surface area contributed by atoms with Crippen LogP contribution >= 0.6 is 0 Å². The summed E-state index contributed by atoms with van der Waals surface area (Å²) in [6, 6.07) is 8.28. The van der Waals surface area contributed by atoms with Crippen LogP contribution in [0, 0.1) is 0 Å². The predicted octanol–water partition coefficient (Wildman–Crippen LogP) is -0.611. The highest BCUT2D eigenvalue weighted by atomic mass is 16.5. The highest BCUT2D eigenvalue weighted by Crippen LogP contribution is 2.20. The van der Waals surface area contributed by atoms with Crippen LogP contribution < -0.4 is 10.6 Å². The molecule has 3 rings (SSSR count). The van der Waals surface area contributed by atoms with Crippen molar-refractivity contribution >= 4 is 29.7 Å². The lowest BCUT2D eigenvalue weighted by atomic mass is 10.1. The quantitative estimate of drug-likeness (QED) is 0.500. The lowest BCUT2D eigenvalue weighted by Gasteiger charge is -2.30. The Morgan fingerprint density at radius 3 is 2.66 bits per heavy atom. The van der Waals surface area contributed by atoms with E-state index < -0.39 is 35.8 Å². The van der Waals surface area contributed by atoms with Crippen molar-refractivity contribution in [2.24, 2.45) is 0 Å². The van der Waals surface area contributed by atoms with Crippen LogP contribution in [0.3, 0.4) is 0 Å². The minimum atomic E-state index is -0.914. The van der Waals surface area contributed by atoms with Crippen LogP contribution in [0.2, 0.25) is 0 Å². The molecule has 2 aliphatic heterocycles. The fourth-order valence-electron chi connectivity index (χ4n) is 3.32. The highest BCUT2D eigenvalue weighted by molar-refractivity contribution is 6.38. The van der Waals surface area contributed by atoms with Gasteiger partial charge in [-0.3, -0.25) is 24.1 Å². The number of carbonyl (C=O) groups is 5. The monoisotopic (exact) mass is 402 g/mol. The molecule has 5 amide bonds. The SMILES string of the molecule is O=C(NCC(=O)N1CCC[C@H]1C(=O)N1CCNC(=O)C1=O)OCc1ccccc1. The Balaban J connectivity index is 1.50. The molecule has 0 bridgehead atoms. The molecule has 0 aromatic heterocycles. The number of hydrogen-bond donors (Lipinski definition) is 2. The van der Waals surface area contributed by atoms with E-state index in [0.717, 1.165) is 10.5 Å². The molecular weight excluding hydrogens is 380 g/mol. The van der Waals surface area contributed by atoms with Gasteiger partial charge in [0.15, 0.2) is 0 Å². The first kappa shape index (κ1) is 20.3. The Kier molecular flexibility index (Phi) is 6.43. The fraction of sp³-hybridized carbons (Fsp3) is 0.421. The third kappa shape index (κ3) is 4.89. The standard InChI is InChI=1S/C19H22N4O6/c24-15(11-21-19(28)29-12-13-5-2-1-3-6-13)22-9-4-7-14(22)17(26)23-10-8-20-16(25)18(23)27/h1-3,5-6,14H,4,7-12H2,(H,20,25)(H,21,28)/t14-/m0/s1. The van der Waals surface area contributed by atoms with Crippen molar-refractivity contribution in [2.75, 3.05) is 26.2 Å². The second-order valence-corrected chi connectivity index (χ2v) is 6.71. The summed E-state index contributed by atoms with van der Waals surface area (Å²) in [5.74, 6) is -2.76. The van der Waals surface area contributed by atoms with Crippen LogP contribution in [0.4, 0.5) is 4.79 Å². The normalized spacial score (nSPS) is 19.0. The van der Waals surface area contributed by atoms with Crippen LogP contribution in [-0.2, 0) is 30.5 Å². The molecular formula is C19H22N4O6. The molecule has 0 radical (unpaired) electrons. The second-order valence-electron chi connectivity index (χ2n) is 6.71. The van der Waals surface area contributed by atoms with E-state index in [9.17, 15) is 24.0 Å². The summed E-state index contributed by atoms with van der Waals surface area (Å²) in [5.41, 5.74) is 0.814. The zero-order valence-electron chi connectivity index (χ0n) is 15.8. The van der Waals surface area contributed by atoms with Gasteiger partial charge in [-0.25, -0.2) is 4.79 Å². The number of imide groups is 1. The maximum absolute atomic E-state index is 12.7. The van der Waals surface area contributed by atoms with Crippen molar-refractivity contribution in [1.82, 2.24) is 20.4 Å². The molecule has 10 heteroatoms. The molecule has 0 unspecified atom stereocenters. The Labute approximate surface area is 167 Å². The minimum Gasteiger partial charge on any atom is -0.445 e. The molecule has 2 saturated heterocycles. The molecule has 2 heterocycles.